The molecule has 1 amide bonds. The van der Waals surface area contributed by atoms with Gasteiger partial charge in [-0.05, 0) is 60.5 Å². The van der Waals surface area contributed by atoms with Gasteiger partial charge in [-0.25, -0.2) is 8.42 Å². The van der Waals surface area contributed by atoms with Crippen LogP contribution in [0.4, 0.5) is 11.4 Å². The second-order valence-corrected chi connectivity index (χ2v) is 8.87. The van der Waals surface area contributed by atoms with E-state index in [1.165, 1.54) is 12.1 Å². The lowest BCUT2D eigenvalue weighted by Gasteiger charge is -2.13. The first-order valence-electron chi connectivity index (χ1n) is 9.49. The van der Waals surface area contributed by atoms with Crippen molar-refractivity contribution in [2.75, 3.05) is 23.7 Å². The standard InChI is InChI=1S/C23H25N3O3S/c1-17-15-19(23(27)24-16-18-9-12-20(13-10-18)26(2)3)11-14-22(17)25-30(28,29)21-7-5-4-6-8-21/h4-15,25H,16H2,1-3H3,(H,24,27). The van der Waals surface area contributed by atoms with E-state index in [9.17, 15) is 13.2 Å². The topological polar surface area (TPSA) is 78.5 Å². The molecule has 3 aromatic rings. The van der Waals surface area contributed by atoms with Crippen LogP contribution in [0, 0.1) is 6.92 Å². The van der Waals surface area contributed by atoms with Crippen molar-refractivity contribution in [3.05, 3.63) is 89.5 Å². The van der Waals surface area contributed by atoms with E-state index in [4.69, 9.17) is 0 Å². The van der Waals surface area contributed by atoms with E-state index in [0.717, 1.165) is 11.3 Å². The van der Waals surface area contributed by atoms with Crippen LogP contribution in [0.1, 0.15) is 21.5 Å². The van der Waals surface area contributed by atoms with E-state index in [1.807, 2.05) is 43.3 Å². The first kappa shape index (κ1) is 21.4. The average molecular weight is 424 g/mol. The zero-order valence-corrected chi connectivity index (χ0v) is 18.0. The van der Waals surface area contributed by atoms with Gasteiger partial charge in [0, 0.05) is 31.9 Å². The quantitative estimate of drug-likeness (QED) is 0.606. The smallest absolute Gasteiger partial charge is 0.261 e. The van der Waals surface area contributed by atoms with Gasteiger partial charge < -0.3 is 10.2 Å². The summed E-state index contributed by atoms with van der Waals surface area (Å²) in [7, 11) is 0.271. The van der Waals surface area contributed by atoms with Crippen LogP contribution >= 0.6 is 0 Å². The van der Waals surface area contributed by atoms with Crippen LogP contribution in [0.5, 0.6) is 0 Å². The van der Waals surface area contributed by atoms with Gasteiger partial charge in [0.15, 0.2) is 0 Å². The molecule has 30 heavy (non-hydrogen) atoms. The van der Waals surface area contributed by atoms with E-state index >= 15 is 0 Å². The summed E-state index contributed by atoms with van der Waals surface area (Å²) in [5, 5.41) is 2.89. The molecule has 0 aromatic heterocycles. The monoisotopic (exact) mass is 423 g/mol. The fourth-order valence-corrected chi connectivity index (χ4v) is 4.07. The summed E-state index contributed by atoms with van der Waals surface area (Å²) in [4.78, 5) is 14.7. The predicted octanol–water partition coefficient (Wildman–Crippen LogP) is 3.79. The van der Waals surface area contributed by atoms with Gasteiger partial charge in [0.05, 0.1) is 10.6 Å². The first-order chi connectivity index (χ1) is 14.3. The molecular formula is C23H25N3O3S. The molecule has 0 aliphatic heterocycles. The van der Waals surface area contributed by atoms with Crippen LogP contribution < -0.4 is 14.9 Å². The number of carbonyl (C=O) groups excluding carboxylic acids is 1. The highest BCUT2D eigenvalue weighted by atomic mass is 32.2. The van der Waals surface area contributed by atoms with Gasteiger partial charge in [-0.15, -0.1) is 0 Å². The molecule has 0 unspecified atom stereocenters. The first-order valence-corrected chi connectivity index (χ1v) is 11.0. The number of sulfonamides is 1. The van der Waals surface area contributed by atoms with Crippen LogP contribution in [0.3, 0.4) is 0 Å². The Balaban J connectivity index is 1.66. The second kappa shape index (κ2) is 9.00. The number of hydrogen-bond acceptors (Lipinski definition) is 4. The van der Waals surface area contributed by atoms with Crippen molar-refractivity contribution in [3.8, 4) is 0 Å². The van der Waals surface area contributed by atoms with Crippen molar-refractivity contribution in [3.63, 3.8) is 0 Å². The lowest BCUT2D eigenvalue weighted by atomic mass is 10.1. The summed E-state index contributed by atoms with van der Waals surface area (Å²) < 4.78 is 27.6. The van der Waals surface area contributed by atoms with Crippen molar-refractivity contribution >= 4 is 27.3 Å². The highest BCUT2D eigenvalue weighted by Gasteiger charge is 2.15. The number of rotatable bonds is 7. The minimum Gasteiger partial charge on any atom is -0.378 e. The molecule has 3 rings (SSSR count). The second-order valence-electron chi connectivity index (χ2n) is 7.19. The van der Waals surface area contributed by atoms with Gasteiger partial charge in [0.2, 0.25) is 0 Å². The lowest BCUT2D eigenvalue weighted by Crippen LogP contribution is -2.23. The number of anilines is 2. The maximum Gasteiger partial charge on any atom is 0.261 e. The molecule has 0 saturated heterocycles. The Bertz CT molecular complexity index is 1130. The Kier molecular flexibility index (Phi) is 6.42. The van der Waals surface area contributed by atoms with Crippen molar-refractivity contribution in [2.24, 2.45) is 0 Å². The molecule has 2 N–H and O–H groups in total. The summed E-state index contributed by atoms with van der Waals surface area (Å²) in [6.07, 6.45) is 0. The highest BCUT2D eigenvalue weighted by molar-refractivity contribution is 7.92. The predicted molar refractivity (Wildman–Crippen MR) is 120 cm³/mol. The zero-order chi connectivity index (χ0) is 21.7. The summed E-state index contributed by atoms with van der Waals surface area (Å²) in [5.41, 5.74) is 3.67. The minimum absolute atomic E-state index is 0.187. The number of amides is 1. The maximum atomic E-state index is 12.5. The molecule has 0 heterocycles. The molecule has 0 aliphatic rings. The van der Waals surface area contributed by atoms with E-state index in [0.29, 0.717) is 23.4 Å². The van der Waals surface area contributed by atoms with Crippen LogP contribution in [0.25, 0.3) is 0 Å². The van der Waals surface area contributed by atoms with Crippen molar-refractivity contribution in [2.45, 2.75) is 18.4 Å². The summed E-state index contributed by atoms with van der Waals surface area (Å²) in [5.74, 6) is -0.216. The molecule has 0 bridgehead atoms. The summed E-state index contributed by atoms with van der Waals surface area (Å²) in [6, 6.07) is 21.0. The maximum absolute atomic E-state index is 12.5. The Morgan fingerprint density at radius 1 is 0.933 bits per heavy atom. The van der Waals surface area contributed by atoms with Gasteiger partial charge in [-0.1, -0.05) is 30.3 Å². The average Bonchev–Trinajstić information content (AvgIpc) is 2.74. The van der Waals surface area contributed by atoms with Crippen LogP contribution in [0.15, 0.2) is 77.7 Å². The normalized spacial score (nSPS) is 11.0. The molecule has 6 nitrogen and oxygen atoms in total. The fourth-order valence-electron chi connectivity index (χ4n) is 2.92. The highest BCUT2D eigenvalue weighted by Crippen LogP contribution is 2.21. The number of carbonyl (C=O) groups is 1. The molecule has 7 heteroatoms. The molecule has 156 valence electrons. The summed E-state index contributed by atoms with van der Waals surface area (Å²) >= 11 is 0. The third kappa shape index (κ3) is 5.18. The zero-order valence-electron chi connectivity index (χ0n) is 17.2. The third-order valence-electron chi connectivity index (χ3n) is 4.69. The van der Waals surface area contributed by atoms with E-state index < -0.39 is 10.0 Å². The molecular weight excluding hydrogens is 398 g/mol. The SMILES string of the molecule is Cc1cc(C(=O)NCc2ccc(N(C)C)cc2)ccc1NS(=O)(=O)c1ccccc1. The van der Waals surface area contributed by atoms with Gasteiger partial charge in [-0.3, -0.25) is 9.52 Å². The van der Waals surface area contributed by atoms with Crippen molar-refractivity contribution < 1.29 is 13.2 Å². The number of nitrogens with one attached hydrogen (secondary N) is 2. The lowest BCUT2D eigenvalue weighted by molar-refractivity contribution is 0.0951. The number of benzene rings is 3. The number of hydrogen-bond donors (Lipinski definition) is 2. The van der Waals surface area contributed by atoms with Crippen LogP contribution in [-0.2, 0) is 16.6 Å². The van der Waals surface area contributed by atoms with Crippen LogP contribution in [-0.4, -0.2) is 28.4 Å². The van der Waals surface area contributed by atoms with E-state index in [1.54, 1.807) is 43.3 Å². The number of nitrogens with zero attached hydrogens (tertiary/aromatic N) is 1. The largest absolute Gasteiger partial charge is 0.378 e. The molecule has 0 saturated carbocycles. The van der Waals surface area contributed by atoms with Crippen molar-refractivity contribution in [1.82, 2.24) is 5.32 Å². The number of aryl methyl sites for hydroxylation is 1. The van der Waals surface area contributed by atoms with Crippen LogP contribution in [0.2, 0.25) is 0 Å². The van der Waals surface area contributed by atoms with Gasteiger partial charge in [-0.2, -0.15) is 0 Å². The summed E-state index contributed by atoms with van der Waals surface area (Å²) in [6.45, 7) is 2.17. The van der Waals surface area contributed by atoms with E-state index in [-0.39, 0.29) is 10.8 Å². The molecule has 0 radical (unpaired) electrons. The van der Waals surface area contributed by atoms with Gasteiger partial charge in [0.1, 0.15) is 0 Å². The Labute approximate surface area is 177 Å². The Morgan fingerprint density at radius 2 is 1.60 bits per heavy atom. The molecule has 3 aromatic carbocycles. The fraction of sp³-hybridized carbons (Fsp3) is 0.174. The Morgan fingerprint density at radius 3 is 2.20 bits per heavy atom. The van der Waals surface area contributed by atoms with E-state index in [2.05, 4.69) is 10.0 Å². The minimum atomic E-state index is -3.68. The molecule has 0 fully saturated rings. The van der Waals surface area contributed by atoms with Crippen molar-refractivity contribution in [1.29, 1.82) is 0 Å². The Hall–Kier alpha value is -3.32. The van der Waals surface area contributed by atoms with Gasteiger partial charge >= 0.3 is 0 Å². The molecule has 0 atom stereocenters. The molecule has 0 spiro atoms. The molecule has 0 aliphatic carbocycles. The third-order valence-corrected chi connectivity index (χ3v) is 6.07. The van der Waals surface area contributed by atoms with Gasteiger partial charge in [0.25, 0.3) is 15.9 Å².